The average Bonchev–Trinajstić information content (AvgIpc) is 3.09. The molecule has 3 nitrogen and oxygen atoms in total. The molecule has 7 heteroatoms. The number of hydrogen-bond acceptors (Lipinski definition) is 3. The van der Waals surface area contributed by atoms with Gasteiger partial charge in [-0.3, -0.25) is 4.18 Å². The summed E-state index contributed by atoms with van der Waals surface area (Å²) in [6.07, 6.45) is -6.22. The molecule has 19 heavy (non-hydrogen) atoms. The Labute approximate surface area is 109 Å². The summed E-state index contributed by atoms with van der Waals surface area (Å²) in [5.41, 5.74) is 0.813. The molecule has 1 aliphatic carbocycles. The molecule has 0 saturated heterocycles. The Bertz CT molecular complexity index is 545. The van der Waals surface area contributed by atoms with Gasteiger partial charge >= 0.3 is 6.18 Å². The van der Waals surface area contributed by atoms with Gasteiger partial charge in [-0.15, -0.1) is 0 Å². The maximum Gasteiger partial charge on any atom is 0.416 e. The Morgan fingerprint density at radius 1 is 1.21 bits per heavy atom. The number of benzene rings is 1. The van der Waals surface area contributed by atoms with Gasteiger partial charge in [-0.05, 0) is 37.8 Å². The first kappa shape index (κ1) is 14.3. The Hall–Kier alpha value is -1.08. The number of aryl methyl sites for hydroxylation is 1. The summed E-state index contributed by atoms with van der Waals surface area (Å²) in [7, 11) is -4.38. The van der Waals surface area contributed by atoms with E-state index in [2.05, 4.69) is 4.18 Å². The zero-order valence-corrected chi connectivity index (χ0v) is 11.0. The first-order valence-electron chi connectivity index (χ1n) is 5.77. The molecular formula is C12H13F3O3S. The van der Waals surface area contributed by atoms with E-state index in [1.54, 1.807) is 6.92 Å². The molecule has 0 radical (unpaired) electrons. The molecule has 0 bridgehead atoms. The molecule has 1 saturated carbocycles. The molecule has 1 aromatic rings. The van der Waals surface area contributed by atoms with Crippen molar-refractivity contribution in [2.75, 3.05) is 0 Å². The lowest BCUT2D eigenvalue weighted by molar-refractivity contribution is -0.199. The molecule has 0 heterocycles. The van der Waals surface area contributed by atoms with Crippen LogP contribution in [-0.2, 0) is 14.3 Å². The van der Waals surface area contributed by atoms with Crippen LogP contribution in [0.4, 0.5) is 13.2 Å². The summed E-state index contributed by atoms with van der Waals surface area (Å²) in [5.74, 6) is -0.750. The lowest BCUT2D eigenvalue weighted by Gasteiger charge is -2.19. The summed E-state index contributed by atoms with van der Waals surface area (Å²) in [4.78, 5) is -0.256. The van der Waals surface area contributed by atoms with E-state index in [1.807, 2.05) is 0 Å². The van der Waals surface area contributed by atoms with Crippen molar-refractivity contribution in [1.29, 1.82) is 0 Å². The summed E-state index contributed by atoms with van der Waals surface area (Å²) in [6.45, 7) is 1.75. The number of halogens is 3. The van der Waals surface area contributed by atoms with Gasteiger partial charge in [-0.25, -0.2) is 0 Å². The van der Waals surface area contributed by atoms with Crippen LogP contribution >= 0.6 is 0 Å². The molecule has 0 N–H and O–H groups in total. The predicted octanol–water partition coefficient (Wildman–Crippen LogP) is 3.04. The van der Waals surface area contributed by atoms with Gasteiger partial charge in [0, 0.05) is 0 Å². The zero-order chi connectivity index (χ0) is 14.3. The fourth-order valence-electron chi connectivity index (χ4n) is 1.70. The highest BCUT2D eigenvalue weighted by atomic mass is 32.2. The minimum atomic E-state index is -4.67. The second-order valence-corrected chi connectivity index (χ2v) is 6.24. The van der Waals surface area contributed by atoms with Crippen LogP contribution < -0.4 is 0 Å². The van der Waals surface area contributed by atoms with Gasteiger partial charge in [0.05, 0.1) is 4.90 Å². The molecule has 0 aliphatic heterocycles. The molecule has 1 aromatic carbocycles. The first-order valence-corrected chi connectivity index (χ1v) is 7.17. The van der Waals surface area contributed by atoms with Crippen LogP contribution in [0, 0.1) is 12.8 Å². The van der Waals surface area contributed by atoms with E-state index in [-0.39, 0.29) is 4.90 Å². The van der Waals surface area contributed by atoms with Crippen molar-refractivity contribution in [3.63, 3.8) is 0 Å². The molecule has 1 fully saturated rings. The third kappa shape index (κ3) is 3.48. The maximum absolute atomic E-state index is 12.7. The van der Waals surface area contributed by atoms with E-state index >= 15 is 0 Å². The number of rotatable bonds is 4. The minimum absolute atomic E-state index is 0.256. The van der Waals surface area contributed by atoms with Gasteiger partial charge in [0.1, 0.15) is 0 Å². The van der Waals surface area contributed by atoms with Gasteiger partial charge in [0.25, 0.3) is 10.1 Å². The van der Waals surface area contributed by atoms with Crippen LogP contribution in [0.1, 0.15) is 18.4 Å². The van der Waals surface area contributed by atoms with Gasteiger partial charge in [-0.1, -0.05) is 17.7 Å². The van der Waals surface area contributed by atoms with Gasteiger partial charge in [-0.2, -0.15) is 21.6 Å². The lowest BCUT2D eigenvalue weighted by atomic mass is 10.2. The van der Waals surface area contributed by atoms with E-state index < -0.39 is 28.3 Å². The maximum atomic E-state index is 12.7. The Kier molecular flexibility index (Phi) is 3.61. The quantitative estimate of drug-likeness (QED) is 0.802. The topological polar surface area (TPSA) is 43.4 Å². The van der Waals surface area contributed by atoms with Gasteiger partial charge in [0.15, 0.2) is 6.10 Å². The second kappa shape index (κ2) is 4.79. The van der Waals surface area contributed by atoms with E-state index in [0.717, 1.165) is 5.56 Å². The summed E-state index contributed by atoms with van der Waals surface area (Å²) in [6, 6.07) is 5.50. The largest absolute Gasteiger partial charge is 0.416 e. The van der Waals surface area contributed by atoms with Crippen molar-refractivity contribution in [3.05, 3.63) is 29.8 Å². The third-order valence-corrected chi connectivity index (χ3v) is 4.22. The summed E-state index contributed by atoms with van der Waals surface area (Å²) in [5, 5.41) is 0. The standard InChI is InChI=1S/C12H13F3O3S/c1-8-2-6-10(7-3-8)19(16,17)18-11(9-4-5-9)12(13,14)15/h2-3,6-7,9,11H,4-5H2,1H3. The fraction of sp³-hybridized carbons (Fsp3) is 0.500. The van der Waals surface area contributed by atoms with Crippen molar-refractivity contribution < 1.29 is 25.8 Å². The lowest BCUT2D eigenvalue weighted by Crippen LogP contribution is -2.35. The molecule has 106 valence electrons. The normalized spacial score (nSPS) is 18.3. The third-order valence-electron chi connectivity index (χ3n) is 2.91. The van der Waals surface area contributed by atoms with E-state index in [1.165, 1.54) is 24.3 Å². The summed E-state index contributed by atoms with van der Waals surface area (Å²) < 4.78 is 66.2. The van der Waals surface area contributed by atoms with Gasteiger partial charge in [0.2, 0.25) is 0 Å². The van der Waals surface area contributed by atoms with E-state index in [0.29, 0.717) is 12.8 Å². The highest BCUT2D eigenvalue weighted by Crippen LogP contribution is 2.43. The SMILES string of the molecule is Cc1ccc(S(=O)(=O)OC(C2CC2)C(F)(F)F)cc1. The van der Waals surface area contributed by atoms with Gasteiger partial charge < -0.3 is 0 Å². The number of hydrogen-bond donors (Lipinski definition) is 0. The van der Waals surface area contributed by atoms with Crippen LogP contribution in [0.5, 0.6) is 0 Å². The van der Waals surface area contributed by atoms with Crippen molar-refractivity contribution in [2.45, 2.75) is 36.9 Å². The van der Waals surface area contributed by atoms with Crippen LogP contribution in [-0.4, -0.2) is 20.7 Å². The van der Waals surface area contributed by atoms with E-state index in [4.69, 9.17) is 0 Å². The van der Waals surface area contributed by atoms with Crippen molar-refractivity contribution in [3.8, 4) is 0 Å². The molecule has 0 aromatic heterocycles. The van der Waals surface area contributed by atoms with Crippen molar-refractivity contribution in [1.82, 2.24) is 0 Å². The molecule has 1 unspecified atom stereocenters. The zero-order valence-electron chi connectivity index (χ0n) is 10.1. The number of alkyl halides is 3. The second-order valence-electron chi connectivity index (χ2n) is 4.66. The average molecular weight is 294 g/mol. The Morgan fingerprint density at radius 2 is 1.74 bits per heavy atom. The fourth-order valence-corrected chi connectivity index (χ4v) is 2.82. The highest BCUT2D eigenvalue weighted by Gasteiger charge is 2.52. The predicted molar refractivity (Wildman–Crippen MR) is 62.0 cm³/mol. The van der Waals surface area contributed by atoms with Crippen LogP contribution in [0.3, 0.4) is 0 Å². The molecule has 0 amide bonds. The van der Waals surface area contributed by atoms with Crippen LogP contribution in [0.15, 0.2) is 29.2 Å². The van der Waals surface area contributed by atoms with Crippen LogP contribution in [0.25, 0.3) is 0 Å². The van der Waals surface area contributed by atoms with Crippen LogP contribution in [0.2, 0.25) is 0 Å². The smallest absolute Gasteiger partial charge is 0.253 e. The monoisotopic (exact) mass is 294 g/mol. The molecule has 1 atom stereocenters. The molecule has 1 aliphatic rings. The van der Waals surface area contributed by atoms with E-state index in [9.17, 15) is 21.6 Å². The first-order chi connectivity index (χ1) is 8.70. The van der Waals surface area contributed by atoms with Crippen molar-refractivity contribution >= 4 is 10.1 Å². The minimum Gasteiger partial charge on any atom is -0.253 e. The highest BCUT2D eigenvalue weighted by molar-refractivity contribution is 7.86. The summed E-state index contributed by atoms with van der Waals surface area (Å²) >= 11 is 0. The molecule has 0 spiro atoms. The molecular weight excluding hydrogens is 281 g/mol. The Morgan fingerprint density at radius 3 is 2.16 bits per heavy atom. The molecule has 2 rings (SSSR count). The Balaban J connectivity index is 2.22. The van der Waals surface area contributed by atoms with Crippen molar-refractivity contribution in [2.24, 2.45) is 5.92 Å².